The minimum atomic E-state index is -0.420. The molecule has 0 unspecified atom stereocenters. The Balaban J connectivity index is 2.67. The van der Waals surface area contributed by atoms with Gasteiger partial charge in [-0.05, 0) is 19.4 Å². The number of rotatable bonds is 5. The Kier molecular flexibility index (Phi) is 5.20. The highest BCUT2D eigenvalue weighted by molar-refractivity contribution is 5.78. The van der Waals surface area contributed by atoms with Gasteiger partial charge in [0.05, 0.1) is 5.71 Å². The lowest BCUT2D eigenvalue weighted by Gasteiger charge is -2.16. The first kappa shape index (κ1) is 13.2. The lowest BCUT2D eigenvalue weighted by Crippen LogP contribution is -2.13. The Morgan fingerprint density at radius 3 is 2.41 bits per heavy atom. The predicted molar refractivity (Wildman–Crippen MR) is 65.7 cm³/mol. The summed E-state index contributed by atoms with van der Waals surface area (Å²) in [5, 5.41) is 3.82. The van der Waals surface area contributed by atoms with E-state index in [4.69, 9.17) is 9.57 Å². The normalized spacial score (nSPS) is 11.5. The fraction of sp³-hybridized carbons (Fsp3) is 0.385. The number of carbonyl (C=O) groups excluding carboxylic acids is 1. The summed E-state index contributed by atoms with van der Waals surface area (Å²) < 4.78 is 5.19. The van der Waals surface area contributed by atoms with Crippen molar-refractivity contribution in [2.45, 2.75) is 26.9 Å². The monoisotopic (exact) mass is 235 g/mol. The molecule has 0 N–H and O–H groups in total. The summed E-state index contributed by atoms with van der Waals surface area (Å²) in [6.07, 6.45) is -0.420. The number of hydrogen-bond acceptors (Lipinski definition) is 4. The van der Waals surface area contributed by atoms with Gasteiger partial charge in [0, 0.05) is 6.92 Å². The zero-order chi connectivity index (χ0) is 12.7. The molecule has 92 valence electrons. The van der Waals surface area contributed by atoms with Crippen molar-refractivity contribution in [2.24, 2.45) is 5.16 Å². The zero-order valence-corrected chi connectivity index (χ0v) is 10.3. The molecule has 0 aliphatic carbocycles. The number of hydrogen-bond donors (Lipinski definition) is 0. The van der Waals surface area contributed by atoms with E-state index in [9.17, 15) is 4.79 Å². The third kappa shape index (κ3) is 5.15. The van der Waals surface area contributed by atoms with E-state index in [1.165, 1.54) is 6.92 Å². The fourth-order valence-electron chi connectivity index (χ4n) is 1.30. The van der Waals surface area contributed by atoms with Crippen molar-refractivity contribution in [1.82, 2.24) is 0 Å². The summed E-state index contributed by atoms with van der Waals surface area (Å²) in [5.74, 6) is -0.334. The second-order valence-corrected chi connectivity index (χ2v) is 3.84. The van der Waals surface area contributed by atoms with E-state index >= 15 is 0 Å². The lowest BCUT2D eigenvalue weighted by atomic mass is 10.1. The number of benzene rings is 1. The Morgan fingerprint density at radius 2 is 1.88 bits per heavy atom. The summed E-state index contributed by atoms with van der Waals surface area (Å²) in [4.78, 5) is 16.1. The van der Waals surface area contributed by atoms with E-state index < -0.39 is 6.10 Å². The zero-order valence-electron chi connectivity index (χ0n) is 10.3. The highest BCUT2D eigenvalue weighted by Crippen LogP contribution is 2.17. The number of ether oxygens (including phenoxy) is 1. The van der Waals surface area contributed by atoms with E-state index in [-0.39, 0.29) is 12.6 Å². The minimum absolute atomic E-state index is 0.217. The average Bonchev–Trinajstić information content (AvgIpc) is 2.28. The molecule has 17 heavy (non-hydrogen) atoms. The molecule has 1 aromatic rings. The molecule has 1 atom stereocenters. The van der Waals surface area contributed by atoms with E-state index in [0.29, 0.717) is 0 Å². The van der Waals surface area contributed by atoms with Crippen LogP contribution in [0, 0.1) is 0 Å². The summed E-state index contributed by atoms with van der Waals surface area (Å²) in [6.45, 7) is 5.27. The molecule has 0 amide bonds. The van der Waals surface area contributed by atoms with Crippen LogP contribution >= 0.6 is 0 Å². The summed E-state index contributed by atoms with van der Waals surface area (Å²) in [7, 11) is 0. The van der Waals surface area contributed by atoms with Crippen molar-refractivity contribution in [3.63, 3.8) is 0 Å². The van der Waals surface area contributed by atoms with Crippen LogP contribution in [0.5, 0.6) is 0 Å². The van der Waals surface area contributed by atoms with Crippen LogP contribution in [0.25, 0.3) is 0 Å². The van der Waals surface area contributed by atoms with Gasteiger partial charge in [-0.1, -0.05) is 35.5 Å². The van der Waals surface area contributed by atoms with Crippen LogP contribution in [-0.4, -0.2) is 18.3 Å². The molecule has 4 heteroatoms. The van der Waals surface area contributed by atoms with Crippen LogP contribution < -0.4 is 0 Å². The van der Waals surface area contributed by atoms with Crippen molar-refractivity contribution in [1.29, 1.82) is 0 Å². The first-order valence-electron chi connectivity index (χ1n) is 5.45. The molecule has 0 bridgehead atoms. The lowest BCUT2D eigenvalue weighted by molar-refractivity contribution is -0.149. The van der Waals surface area contributed by atoms with Crippen molar-refractivity contribution >= 4 is 11.7 Å². The van der Waals surface area contributed by atoms with Crippen LogP contribution in [0.15, 0.2) is 35.5 Å². The fourth-order valence-corrected chi connectivity index (χ4v) is 1.30. The molecule has 0 aromatic heterocycles. The highest BCUT2D eigenvalue weighted by Gasteiger charge is 2.15. The van der Waals surface area contributed by atoms with Gasteiger partial charge in [0.25, 0.3) is 0 Å². The van der Waals surface area contributed by atoms with Crippen LogP contribution in [0.4, 0.5) is 0 Å². The van der Waals surface area contributed by atoms with Gasteiger partial charge in [-0.2, -0.15) is 0 Å². The number of carbonyl (C=O) groups is 1. The molecule has 0 saturated carbocycles. The predicted octanol–water partition coefficient (Wildman–Crippen LogP) is 2.70. The van der Waals surface area contributed by atoms with Crippen LogP contribution in [0.3, 0.4) is 0 Å². The third-order valence-electron chi connectivity index (χ3n) is 1.95. The smallest absolute Gasteiger partial charge is 0.303 e. The van der Waals surface area contributed by atoms with Gasteiger partial charge in [-0.3, -0.25) is 4.79 Å². The molecular weight excluding hydrogens is 218 g/mol. The Bertz CT molecular complexity index is 383. The third-order valence-corrected chi connectivity index (χ3v) is 1.95. The van der Waals surface area contributed by atoms with E-state index in [1.807, 2.05) is 44.2 Å². The summed E-state index contributed by atoms with van der Waals surface area (Å²) in [5.41, 5.74) is 1.71. The molecule has 0 heterocycles. The van der Waals surface area contributed by atoms with Crippen molar-refractivity contribution in [3.8, 4) is 0 Å². The van der Waals surface area contributed by atoms with Crippen molar-refractivity contribution in [3.05, 3.63) is 35.9 Å². The number of oxime groups is 1. The Hall–Kier alpha value is -1.84. The quantitative estimate of drug-likeness (QED) is 0.448. The van der Waals surface area contributed by atoms with Gasteiger partial charge >= 0.3 is 5.97 Å². The second kappa shape index (κ2) is 6.68. The van der Waals surface area contributed by atoms with Gasteiger partial charge in [-0.15, -0.1) is 0 Å². The second-order valence-electron chi connectivity index (χ2n) is 3.84. The number of nitrogens with zero attached hydrogens (tertiary/aromatic N) is 1. The minimum Gasteiger partial charge on any atom is -0.454 e. The summed E-state index contributed by atoms with van der Waals surface area (Å²) >= 11 is 0. The maximum atomic E-state index is 11.0. The van der Waals surface area contributed by atoms with Crippen LogP contribution in [0.1, 0.15) is 32.4 Å². The van der Waals surface area contributed by atoms with E-state index in [0.717, 1.165) is 11.3 Å². The largest absolute Gasteiger partial charge is 0.454 e. The van der Waals surface area contributed by atoms with Gasteiger partial charge in [0.2, 0.25) is 0 Å². The molecule has 0 saturated heterocycles. The first-order chi connectivity index (χ1) is 8.09. The molecule has 0 aliphatic rings. The first-order valence-corrected chi connectivity index (χ1v) is 5.45. The molecule has 0 aliphatic heterocycles. The van der Waals surface area contributed by atoms with Crippen LogP contribution in [0.2, 0.25) is 0 Å². The topological polar surface area (TPSA) is 47.9 Å². The van der Waals surface area contributed by atoms with Gasteiger partial charge < -0.3 is 9.57 Å². The summed E-state index contributed by atoms with van der Waals surface area (Å²) in [6, 6.07) is 9.46. The Morgan fingerprint density at radius 1 is 1.24 bits per heavy atom. The van der Waals surface area contributed by atoms with E-state index in [1.54, 1.807) is 0 Å². The van der Waals surface area contributed by atoms with Crippen molar-refractivity contribution < 1.29 is 14.4 Å². The van der Waals surface area contributed by atoms with Gasteiger partial charge in [-0.25, -0.2) is 0 Å². The SMILES string of the molecule is CC(=O)O[C@@H](CON=C(C)C)c1ccccc1. The van der Waals surface area contributed by atoms with Gasteiger partial charge in [0.1, 0.15) is 0 Å². The Labute approximate surface area is 101 Å². The van der Waals surface area contributed by atoms with Gasteiger partial charge in [0.15, 0.2) is 12.7 Å². The molecular formula is C13H17NO3. The van der Waals surface area contributed by atoms with Crippen molar-refractivity contribution in [2.75, 3.05) is 6.61 Å². The maximum Gasteiger partial charge on any atom is 0.303 e. The van der Waals surface area contributed by atoms with E-state index in [2.05, 4.69) is 5.16 Å². The highest BCUT2D eigenvalue weighted by atomic mass is 16.6. The average molecular weight is 235 g/mol. The molecule has 1 aromatic carbocycles. The molecule has 0 radical (unpaired) electrons. The molecule has 0 spiro atoms. The molecule has 4 nitrogen and oxygen atoms in total. The molecule has 0 fully saturated rings. The standard InChI is InChI=1S/C13H17NO3/c1-10(2)14-16-9-13(17-11(3)15)12-7-5-4-6-8-12/h4-8,13H,9H2,1-3H3/t13-/m0/s1. The molecule has 1 rings (SSSR count). The maximum absolute atomic E-state index is 11.0. The van der Waals surface area contributed by atoms with Crippen LogP contribution in [-0.2, 0) is 14.4 Å². The number of esters is 1.